The van der Waals surface area contributed by atoms with Gasteiger partial charge in [-0.25, -0.2) is 0 Å². The number of ether oxygens (including phenoxy) is 1. The number of piperidine rings is 1. The van der Waals surface area contributed by atoms with Crippen molar-refractivity contribution in [1.82, 2.24) is 5.32 Å². The predicted molar refractivity (Wildman–Crippen MR) is 175 cm³/mol. The molecule has 2 N–H and O–H groups in total. The zero-order valence-electron chi connectivity index (χ0n) is 26.3. The van der Waals surface area contributed by atoms with Gasteiger partial charge in [-0.2, -0.15) is 0 Å². The molecule has 2 amide bonds. The summed E-state index contributed by atoms with van der Waals surface area (Å²) in [5.41, 5.74) is 3.67. The summed E-state index contributed by atoms with van der Waals surface area (Å²) < 4.78 is 5.42. The van der Waals surface area contributed by atoms with E-state index in [1.54, 1.807) is 0 Å². The van der Waals surface area contributed by atoms with E-state index in [1.807, 2.05) is 25.1 Å². The highest BCUT2D eigenvalue weighted by Crippen LogP contribution is 2.30. The standard InChI is InChI=1S/C36H55N3O3/c1-3-5-6-7-8-9-10-11-15-19-35(40)38-32-20-21-34(33(29-32)36(41)37-24-16-27-42-4-2)39-25-22-31(23-26-39)28-30-17-13-12-14-18-30/h12-14,17-18,20-21,29,31H,3-11,15-16,19,22-28H2,1-2H3,(H,37,41)(H,38,40). The largest absolute Gasteiger partial charge is 0.382 e. The van der Waals surface area contributed by atoms with Gasteiger partial charge >= 0.3 is 0 Å². The van der Waals surface area contributed by atoms with E-state index < -0.39 is 0 Å². The molecule has 42 heavy (non-hydrogen) atoms. The highest BCUT2D eigenvalue weighted by molar-refractivity contribution is 6.02. The molecule has 1 fully saturated rings. The zero-order chi connectivity index (χ0) is 29.8. The first-order valence-corrected chi connectivity index (χ1v) is 16.7. The summed E-state index contributed by atoms with van der Waals surface area (Å²) in [5, 5.41) is 6.12. The topological polar surface area (TPSA) is 70.7 Å². The number of carbonyl (C=O) groups is 2. The number of hydrogen-bond acceptors (Lipinski definition) is 4. The van der Waals surface area contributed by atoms with Crippen LogP contribution in [0.2, 0.25) is 0 Å². The molecule has 0 spiro atoms. The predicted octanol–water partition coefficient (Wildman–Crippen LogP) is 8.16. The number of rotatable bonds is 20. The molecule has 0 aliphatic carbocycles. The van der Waals surface area contributed by atoms with Crippen molar-refractivity contribution in [3.8, 4) is 0 Å². The lowest BCUT2D eigenvalue weighted by Gasteiger charge is -2.35. The van der Waals surface area contributed by atoms with Crippen molar-refractivity contribution < 1.29 is 14.3 Å². The van der Waals surface area contributed by atoms with Gasteiger partial charge in [0.25, 0.3) is 5.91 Å². The number of carbonyl (C=O) groups excluding carboxylic acids is 2. The summed E-state index contributed by atoms with van der Waals surface area (Å²) >= 11 is 0. The molecule has 0 radical (unpaired) electrons. The van der Waals surface area contributed by atoms with Crippen LogP contribution < -0.4 is 15.5 Å². The van der Waals surface area contributed by atoms with Crippen LogP contribution in [0.25, 0.3) is 0 Å². The molecule has 232 valence electrons. The minimum absolute atomic E-state index is 0.0236. The third kappa shape index (κ3) is 12.6. The number of benzene rings is 2. The molecule has 6 heteroatoms. The Kier molecular flexibility index (Phi) is 16.1. The Balaban J connectivity index is 1.54. The van der Waals surface area contributed by atoms with Crippen LogP contribution in [-0.2, 0) is 16.0 Å². The molecule has 1 heterocycles. The van der Waals surface area contributed by atoms with Gasteiger partial charge in [0.15, 0.2) is 0 Å². The Morgan fingerprint density at radius 1 is 0.857 bits per heavy atom. The van der Waals surface area contributed by atoms with E-state index in [9.17, 15) is 9.59 Å². The van der Waals surface area contributed by atoms with Gasteiger partial charge in [0.2, 0.25) is 5.91 Å². The maximum absolute atomic E-state index is 13.3. The Morgan fingerprint density at radius 3 is 2.24 bits per heavy atom. The summed E-state index contributed by atoms with van der Waals surface area (Å²) in [5.74, 6) is 0.581. The average Bonchev–Trinajstić information content (AvgIpc) is 3.01. The van der Waals surface area contributed by atoms with E-state index >= 15 is 0 Å². The lowest BCUT2D eigenvalue weighted by atomic mass is 9.89. The Hall–Kier alpha value is -2.86. The fourth-order valence-electron chi connectivity index (χ4n) is 5.83. The van der Waals surface area contributed by atoms with E-state index in [1.165, 1.54) is 50.5 Å². The number of hydrogen-bond donors (Lipinski definition) is 2. The Morgan fingerprint density at radius 2 is 1.55 bits per heavy atom. The van der Waals surface area contributed by atoms with Gasteiger partial charge < -0.3 is 20.3 Å². The molecule has 3 rings (SSSR count). The molecule has 0 bridgehead atoms. The van der Waals surface area contributed by atoms with Crippen LogP contribution in [0.1, 0.15) is 113 Å². The molecule has 1 saturated heterocycles. The molecule has 0 atom stereocenters. The van der Waals surface area contributed by atoms with Crippen LogP contribution in [0.5, 0.6) is 0 Å². The van der Waals surface area contributed by atoms with Gasteiger partial charge in [-0.1, -0.05) is 88.6 Å². The third-order valence-corrected chi connectivity index (χ3v) is 8.31. The lowest BCUT2D eigenvalue weighted by Crippen LogP contribution is -2.36. The first-order valence-electron chi connectivity index (χ1n) is 16.7. The van der Waals surface area contributed by atoms with Crippen LogP contribution >= 0.6 is 0 Å². The molecule has 1 aliphatic rings. The highest BCUT2D eigenvalue weighted by Gasteiger charge is 2.24. The quantitative estimate of drug-likeness (QED) is 0.156. The first-order chi connectivity index (χ1) is 20.6. The second kappa shape index (κ2) is 20.1. The maximum Gasteiger partial charge on any atom is 0.253 e. The van der Waals surface area contributed by atoms with Crippen LogP contribution in [0, 0.1) is 5.92 Å². The minimum atomic E-state index is -0.0945. The molecule has 1 aliphatic heterocycles. The summed E-state index contributed by atoms with van der Waals surface area (Å²) in [4.78, 5) is 28.4. The minimum Gasteiger partial charge on any atom is -0.382 e. The van der Waals surface area contributed by atoms with E-state index in [4.69, 9.17) is 4.74 Å². The van der Waals surface area contributed by atoms with Gasteiger partial charge in [0.1, 0.15) is 0 Å². The summed E-state index contributed by atoms with van der Waals surface area (Å²) in [7, 11) is 0. The van der Waals surface area contributed by atoms with Crippen molar-refractivity contribution in [1.29, 1.82) is 0 Å². The molecule has 0 unspecified atom stereocenters. The number of amides is 2. The monoisotopic (exact) mass is 577 g/mol. The molecular formula is C36H55N3O3. The van der Waals surface area contributed by atoms with Crippen molar-refractivity contribution in [3.63, 3.8) is 0 Å². The lowest BCUT2D eigenvalue weighted by molar-refractivity contribution is -0.116. The number of unbranched alkanes of at least 4 members (excludes halogenated alkanes) is 8. The second-order valence-electron chi connectivity index (χ2n) is 11.8. The Bertz CT molecular complexity index is 1030. The van der Waals surface area contributed by atoms with Gasteiger partial charge in [-0.15, -0.1) is 0 Å². The number of nitrogens with one attached hydrogen (secondary N) is 2. The molecule has 2 aromatic rings. The molecule has 6 nitrogen and oxygen atoms in total. The number of anilines is 2. The normalized spacial score (nSPS) is 13.7. The fourth-order valence-corrected chi connectivity index (χ4v) is 5.83. The van der Waals surface area contributed by atoms with Gasteiger partial charge in [-0.3, -0.25) is 9.59 Å². The summed E-state index contributed by atoms with van der Waals surface area (Å²) in [6, 6.07) is 16.5. The first kappa shape index (κ1) is 33.6. The van der Waals surface area contributed by atoms with Crippen LogP contribution in [-0.4, -0.2) is 44.7 Å². The van der Waals surface area contributed by atoms with E-state index in [0.717, 1.165) is 57.3 Å². The smallest absolute Gasteiger partial charge is 0.253 e. The van der Waals surface area contributed by atoms with Crippen LogP contribution in [0.3, 0.4) is 0 Å². The van der Waals surface area contributed by atoms with E-state index in [0.29, 0.717) is 43.3 Å². The van der Waals surface area contributed by atoms with Gasteiger partial charge in [0.05, 0.1) is 5.56 Å². The summed E-state index contributed by atoms with van der Waals surface area (Å²) in [6.45, 7) is 7.94. The van der Waals surface area contributed by atoms with E-state index in [2.05, 4.69) is 52.8 Å². The molecular weight excluding hydrogens is 522 g/mol. The van der Waals surface area contributed by atoms with Crippen LogP contribution in [0.15, 0.2) is 48.5 Å². The SMILES string of the molecule is CCCCCCCCCCCC(=O)Nc1ccc(N2CCC(Cc3ccccc3)CC2)c(C(=O)NCCCOCC)c1. The Labute approximate surface area is 255 Å². The summed E-state index contributed by atoms with van der Waals surface area (Å²) in [6.07, 6.45) is 15.7. The maximum atomic E-state index is 13.3. The van der Waals surface area contributed by atoms with Gasteiger partial charge in [0, 0.05) is 50.6 Å². The van der Waals surface area contributed by atoms with Crippen molar-refractivity contribution in [3.05, 3.63) is 59.7 Å². The van der Waals surface area contributed by atoms with Crippen molar-refractivity contribution in [2.75, 3.05) is 43.1 Å². The highest BCUT2D eigenvalue weighted by atomic mass is 16.5. The van der Waals surface area contributed by atoms with Crippen molar-refractivity contribution >= 4 is 23.2 Å². The van der Waals surface area contributed by atoms with Gasteiger partial charge in [-0.05, 0) is 68.7 Å². The number of nitrogens with zero attached hydrogens (tertiary/aromatic N) is 1. The molecule has 0 aromatic heterocycles. The molecule has 2 aromatic carbocycles. The molecule has 0 saturated carbocycles. The van der Waals surface area contributed by atoms with Crippen molar-refractivity contribution in [2.24, 2.45) is 5.92 Å². The third-order valence-electron chi connectivity index (χ3n) is 8.31. The zero-order valence-corrected chi connectivity index (χ0v) is 26.3. The van der Waals surface area contributed by atoms with Crippen molar-refractivity contribution in [2.45, 2.75) is 104 Å². The second-order valence-corrected chi connectivity index (χ2v) is 11.8. The average molecular weight is 578 g/mol. The fraction of sp³-hybridized carbons (Fsp3) is 0.611. The van der Waals surface area contributed by atoms with Crippen LogP contribution in [0.4, 0.5) is 11.4 Å². The van der Waals surface area contributed by atoms with E-state index in [-0.39, 0.29) is 11.8 Å².